The molecule has 2 heterocycles. The van der Waals surface area contributed by atoms with E-state index in [1.807, 2.05) is 42.5 Å². The molecule has 0 atom stereocenters. The molecule has 0 amide bonds. The summed E-state index contributed by atoms with van der Waals surface area (Å²) >= 11 is 3.41. The van der Waals surface area contributed by atoms with Gasteiger partial charge in [-0.2, -0.15) is 21.6 Å². The third-order valence-corrected chi connectivity index (χ3v) is 8.62. The largest absolute Gasteiger partial charge is 0.534 e. The molecule has 0 unspecified atom stereocenters. The Morgan fingerprint density at radius 3 is 1.31 bits per heavy atom. The predicted molar refractivity (Wildman–Crippen MR) is 172 cm³/mol. The van der Waals surface area contributed by atoms with Crippen LogP contribution in [-0.2, 0) is 10.1 Å². The van der Waals surface area contributed by atoms with Gasteiger partial charge in [-0.15, -0.1) is 0 Å². The van der Waals surface area contributed by atoms with Gasteiger partial charge in [0.1, 0.15) is 10.1 Å². The van der Waals surface area contributed by atoms with Crippen LogP contribution >= 0.6 is 15.9 Å². The van der Waals surface area contributed by atoms with Gasteiger partial charge in [-0.05, 0) is 37.5 Å². The number of hydrogen-bond donors (Lipinski definition) is 0. The maximum atomic E-state index is 12.5. The molecule has 0 spiro atoms. The zero-order valence-corrected chi connectivity index (χ0v) is 25.2. The summed E-state index contributed by atoms with van der Waals surface area (Å²) < 4.78 is 64.9. The second-order valence-corrected chi connectivity index (χ2v) is 12.3. The molecule has 0 saturated heterocycles. The van der Waals surface area contributed by atoms with Crippen LogP contribution in [0.4, 0.5) is 13.2 Å². The molecule has 6 aromatic carbocycles. The van der Waals surface area contributed by atoms with E-state index in [2.05, 4.69) is 76.4 Å². The fourth-order valence-corrected chi connectivity index (χ4v) is 6.09. The van der Waals surface area contributed by atoms with Crippen LogP contribution in [0.2, 0.25) is 0 Å². The number of hydrogen-bond acceptors (Lipinski definition) is 7. The molecule has 0 fully saturated rings. The number of rotatable bonds is 2. The van der Waals surface area contributed by atoms with E-state index in [1.54, 1.807) is 24.4 Å². The summed E-state index contributed by atoms with van der Waals surface area (Å²) in [4.78, 5) is 17.3. The molecule has 2 aromatic heterocycles. The maximum absolute atomic E-state index is 12.5. The number of halogens is 4. The smallest absolute Gasteiger partial charge is 0.354 e. The van der Waals surface area contributed by atoms with E-state index in [0.717, 1.165) is 48.8 Å². The van der Waals surface area contributed by atoms with E-state index in [1.165, 1.54) is 10.8 Å². The van der Waals surface area contributed by atoms with Gasteiger partial charge < -0.3 is 4.18 Å². The Bertz CT molecular complexity index is 2490. The fraction of sp³-hybridized carbons (Fsp3) is 0.0303. The Labute approximate surface area is 261 Å². The third kappa shape index (κ3) is 5.05. The highest BCUT2D eigenvalue weighted by molar-refractivity contribution is 9.10. The predicted octanol–water partition coefficient (Wildman–Crippen LogP) is 8.86. The summed E-state index contributed by atoms with van der Waals surface area (Å²) in [5.74, 6) is -0.741. The van der Waals surface area contributed by atoms with Crippen molar-refractivity contribution < 1.29 is 25.8 Å². The van der Waals surface area contributed by atoms with Crippen molar-refractivity contribution in [2.24, 2.45) is 0 Å². The summed E-state index contributed by atoms with van der Waals surface area (Å²) in [6.45, 7) is 0. The summed E-state index contributed by atoms with van der Waals surface area (Å²) in [5, 5.41) is 7.84. The molecular formula is C33H18BrF3N4O3S. The SMILES string of the molecule is Brc1cnc2c3ccccc3c3ccccc3c2n1.O=S(=O)(Oc1cnc2c3ccccc3c3ccccc3c2n1)C(F)(F)F. The summed E-state index contributed by atoms with van der Waals surface area (Å²) in [5.41, 5.74) is -2.94. The fourth-order valence-electron chi connectivity index (χ4n) is 5.41. The molecule has 0 N–H and O–H groups in total. The van der Waals surface area contributed by atoms with Gasteiger partial charge in [0.05, 0.1) is 28.9 Å². The van der Waals surface area contributed by atoms with E-state index in [4.69, 9.17) is 0 Å². The second kappa shape index (κ2) is 10.9. The van der Waals surface area contributed by atoms with Crippen LogP contribution in [0.15, 0.2) is 114 Å². The van der Waals surface area contributed by atoms with E-state index in [-0.39, 0.29) is 5.52 Å². The molecule has 0 bridgehead atoms. The molecule has 0 aliphatic heterocycles. The normalized spacial score (nSPS) is 12.2. The summed E-state index contributed by atoms with van der Waals surface area (Å²) in [6, 6.07) is 31.2. The highest BCUT2D eigenvalue weighted by Crippen LogP contribution is 2.35. The zero-order valence-electron chi connectivity index (χ0n) is 22.8. The highest BCUT2D eigenvalue weighted by atomic mass is 79.9. The van der Waals surface area contributed by atoms with Crippen LogP contribution in [0, 0.1) is 0 Å². The average molecular weight is 687 g/mol. The van der Waals surface area contributed by atoms with Gasteiger partial charge in [-0.3, -0.25) is 4.98 Å². The molecule has 0 saturated carbocycles. The number of fused-ring (bicyclic) bond motifs is 12. The van der Waals surface area contributed by atoms with Crippen molar-refractivity contribution in [3.8, 4) is 5.88 Å². The molecule has 12 heteroatoms. The van der Waals surface area contributed by atoms with Crippen LogP contribution in [0.5, 0.6) is 5.88 Å². The maximum Gasteiger partial charge on any atom is 0.534 e. The molecule has 222 valence electrons. The van der Waals surface area contributed by atoms with Crippen molar-refractivity contribution in [2.45, 2.75) is 5.51 Å². The Kier molecular flexibility index (Phi) is 6.98. The molecule has 8 aromatic rings. The minimum absolute atomic E-state index is 0.258. The zero-order chi connectivity index (χ0) is 31.3. The molecule has 0 radical (unpaired) electrons. The lowest BCUT2D eigenvalue weighted by molar-refractivity contribution is -0.0501. The number of nitrogens with zero attached hydrogens (tertiary/aromatic N) is 4. The van der Waals surface area contributed by atoms with Crippen molar-refractivity contribution in [3.63, 3.8) is 0 Å². The molecule has 8 rings (SSSR count). The Morgan fingerprint density at radius 1 is 0.533 bits per heavy atom. The minimum Gasteiger partial charge on any atom is -0.354 e. The second-order valence-electron chi connectivity index (χ2n) is 9.96. The first-order chi connectivity index (χ1) is 21.6. The van der Waals surface area contributed by atoms with Gasteiger partial charge in [0, 0.05) is 21.5 Å². The number of benzene rings is 6. The van der Waals surface area contributed by atoms with Gasteiger partial charge in [-0.25, -0.2) is 15.0 Å². The quantitative estimate of drug-likeness (QED) is 0.102. The van der Waals surface area contributed by atoms with Crippen molar-refractivity contribution in [2.75, 3.05) is 0 Å². The third-order valence-electron chi connectivity index (χ3n) is 7.28. The molecule has 0 aliphatic carbocycles. The first-order valence-corrected chi connectivity index (χ1v) is 15.6. The van der Waals surface area contributed by atoms with Crippen molar-refractivity contribution in [1.82, 2.24) is 19.9 Å². The van der Waals surface area contributed by atoms with Gasteiger partial charge in [0.25, 0.3) is 5.88 Å². The highest BCUT2D eigenvalue weighted by Gasteiger charge is 2.49. The van der Waals surface area contributed by atoms with Crippen LogP contribution in [-0.4, -0.2) is 33.9 Å². The van der Waals surface area contributed by atoms with Gasteiger partial charge in [0.2, 0.25) is 0 Å². The van der Waals surface area contributed by atoms with E-state index < -0.39 is 21.5 Å². The topological polar surface area (TPSA) is 94.9 Å². The molecular weight excluding hydrogens is 669 g/mol. The molecule has 45 heavy (non-hydrogen) atoms. The van der Waals surface area contributed by atoms with Gasteiger partial charge in [0.15, 0.2) is 0 Å². The lowest BCUT2D eigenvalue weighted by atomic mass is 10.00. The van der Waals surface area contributed by atoms with Crippen LogP contribution < -0.4 is 4.18 Å². The van der Waals surface area contributed by atoms with Crippen molar-refractivity contribution in [3.05, 3.63) is 114 Å². The Hall–Kier alpha value is -4.94. The Balaban J connectivity index is 0.000000151. The van der Waals surface area contributed by atoms with E-state index >= 15 is 0 Å². The minimum atomic E-state index is -5.82. The Morgan fingerprint density at radius 2 is 0.889 bits per heavy atom. The number of aromatic nitrogens is 4. The van der Waals surface area contributed by atoms with Crippen LogP contribution in [0.3, 0.4) is 0 Å². The lowest BCUT2D eigenvalue weighted by Crippen LogP contribution is -2.28. The first-order valence-electron chi connectivity index (χ1n) is 13.4. The van der Waals surface area contributed by atoms with Gasteiger partial charge >= 0.3 is 15.6 Å². The standard InChI is InChI=1S/C17H9F3N2O3S.C16H9BrN2/c18-17(19,20)26(23,24)25-14-9-21-15-12-7-3-1-5-10(12)11-6-2-4-8-13(11)16(15)22-14;17-14-9-18-15-12-7-3-1-5-10(12)11-6-2-4-8-13(11)16(15)19-14/h1-9H;1-9H. The molecule has 0 aliphatic rings. The van der Waals surface area contributed by atoms with E-state index in [9.17, 15) is 21.6 Å². The average Bonchev–Trinajstić information content (AvgIpc) is 3.04. The van der Waals surface area contributed by atoms with Crippen LogP contribution in [0.1, 0.15) is 0 Å². The van der Waals surface area contributed by atoms with Crippen molar-refractivity contribution >= 4 is 91.2 Å². The van der Waals surface area contributed by atoms with E-state index in [0.29, 0.717) is 10.9 Å². The van der Waals surface area contributed by atoms with Crippen LogP contribution in [0.25, 0.3) is 65.2 Å². The van der Waals surface area contributed by atoms with Gasteiger partial charge in [-0.1, -0.05) is 97.1 Å². The lowest BCUT2D eigenvalue weighted by Gasteiger charge is -2.11. The molecule has 7 nitrogen and oxygen atoms in total. The summed E-state index contributed by atoms with van der Waals surface area (Å²) in [7, 11) is -5.82. The van der Waals surface area contributed by atoms with Crippen molar-refractivity contribution in [1.29, 1.82) is 0 Å². The summed E-state index contributed by atoms with van der Waals surface area (Å²) in [6.07, 6.45) is 2.62. The number of alkyl halides is 3. The monoisotopic (exact) mass is 686 g/mol. The first kappa shape index (κ1) is 28.8.